The second kappa shape index (κ2) is 7.34. The van der Waals surface area contributed by atoms with Crippen LogP contribution in [0, 0.1) is 0 Å². The number of halogens is 1. The lowest BCUT2D eigenvalue weighted by Crippen LogP contribution is -2.39. The Morgan fingerprint density at radius 3 is 2.48 bits per heavy atom. The van der Waals surface area contributed by atoms with Gasteiger partial charge in [-0.05, 0) is 12.1 Å². The lowest BCUT2D eigenvalue weighted by Gasteiger charge is -2.32. The van der Waals surface area contributed by atoms with Gasteiger partial charge in [-0.15, -0.1) is 0 Å². The van der Waals surface area contributed by atoms with Crippen molar-refractivity contribution in [1.29, 1.82) is 0 Å². The van der Waals surface area contributed by atoms with Gasteiger partial charge >= 0.3 is 11.9 Å². The van der Waals surface area contributed by atoms with Crippen molar-refractivity contribution in [3.8, 4) is 5.75 Å². The first-order chi connectivity index (χ1) is 11.0. The monoisotopic (exact) mass is 341 g/mol. The molecule has 23 heavy (non-hydrogen) atoms. The molecule has 0 saturated heterocycles. The molecule has 0 saturated carbocycles. The van der Waals surface area contributed by atoms with E-state index in [1.54, 1.807) is 18.2 Å². The predicted octanol–water partition coefficient (Wildman–Crippen LogP) is 1.74. The number of hydrogen-bond donors (Lipinski definition) is 0. The average molecular weight is 342 g/mol. The number of carbonyl (C=O) groups excluding carboxylic acids is 2. The minimum Gasteiger partial charge on any atom is -0.495 e. The highest BCUT2D eigenvalue weighted by Gasteiger charge is 2.33. The first-order valence-electron chi connectivity index (χ1n) is 6.62. The lowest BCUT2D eigenvalue weighted by atomic mass is 10.1. The van der Waals surface area contributed by atoms with Crippen molar-refractivity contribution in [3.05, 3.63) is 34.5 Å². The highest BCUT2D eigenvalue weighted by atomic mass is 35.5. The Morgan fingerprint density at radius 2 is 1.87 bits per heavy atom. The minimum absolute atomic E-state index is 0.0446. The van der Waals surface area contributed by atoms with Crippen LogP contribution in [0.25, 0.3) is 0 Å². The van der Waals surface area contributed by atoms with Crippen LogP contribution in [-0.4, -0.2) is 46.6 Å². The zero-order valence-electron chi connectivity index (χ0n) is 12.9. The fourth-order valence-corrected chi connectivity index (χ4v) is 2.37. The topological polar surface area (TPSA) is 74.3 Å². The van der Waals surface area contributed by atoms with Crippen LogP contribution in [0.4, 0.5) is 5.69 Å². The predicted molar refractivity (Wildman–Crippen MR) is 82.4 cm³/mol. The molecule has 0 radical (unpaired) electrons. The Balaban J connectivity index is 2.60. The summed E-state index contributed by atoms with van der Waals surface area (Å²) >= 11 is 5.95. The Kier molecular flexibility index (Phi) is 5.46. The lowest BCUT2D eigenvalue weighted by molar-refractivity contribution is -0.140. The number of nitrogens with zero attached hydrogens (tertiary/aromatic N) is 1. The Morgan fingerprint density at radius 1 is 1.17 bits per heavy atom. The summed E-state index contributed by atoms with van der Waals surface area (Å²) in [5, 5.41) is 0.473. The van der Waals surface area contributed by atoms with Crippen molar-refractivity contribution < 1.29 is 28.5 Å². The summed E-state index contributed by atoms with van der Waals surface area (Å²) in [6, 6.07) is 4.90. The average Bonchev–Trinajstić information content (AvgIpc) is 2.59. The summed E-state index contributed by atoms with van der Waals surface area (Å²) in [6.45, 7) is -0.00751. The van der Waals surface area contributed by atoms with Crippen LogP contribution in [0.1, 0.15) is 0 Å². The van der Waals surface area contributed by atoms with Crippen LogP contribution < -0.4 is 9.64 Å². The van der Waals surface area contributed by atoms with Gasteiger partial charge in [0.05, 0.1) is 39.2 Å². The van der Waals surface area contributed by atoms with Gasteiger partial charge in [0.1, 0.15) is 18.2 Å². The summed E-state index contributed by atoms with van der Waals surface area (Å²) in [4.78, 5) is 25.6. The molecule has 0 aromatic heterocycles. The van der Waals surface area contributed by atoms with Gasteiger partial charge in [-0.3, -0.25) is 0 Å². The zero-order valence-corrected chi connectivity index (χ0v) is 13.7. The fraction of sp³-hybridized carbons (Fsp3) is 0.333. The third-order valence-electron chi connectivity index (χ3n) is 3.27. The molecule has 0 unspecified atom stereocenters. The van der Waals surface area contributed by atoms with Gasteiger partial charge in [0.2, 0.25) is 0 Å². The van der Waals surface area contributed by atoms with Gasteiger partial charge in [-0.1, -0.05) is 11.6 Å². The smallest absolute Gasteiger partial charge is 0.355 e. The van der Waals surface area contributed by atoms with Gasteiger partial charge in [0.15, 0.2) is 0 Å². The van der Waals surface area contributed by atoms with E-state index in [0.717, 1.165) is 0 Å². The number of methoxy groups -OCH3 is 3. The largest absolute Gasteiger partial charge is 0.495 e. The molecule has 0 spiro atoms. The molecule has 2 rings (SSSR count). The molecule has 1 aliphatic rings. The third kappa shape index (κ3) is 3.40. The Labute approximate surface area is 138 Å². The molecule has 7 nitrogen and oxygen atoms in total. The summed E-state index contributed by atoms with van der Waals surface area (Å²) in [6.07, 6.45) is 0. The molecule has 0 aliphatic carbocycles. The molecular weight excluding hydrogens is 326 g/mol. The number of hydrogen-bond acceptors (Lipinski definition) is 7. The second-order valence-corrected chi connectivity index (χ2v) is 4.97. The maximum atomic E-state index is 12.2. The molecule has 0 atom stereocenters. The van der Waals surface area contributed by atoms with E-state index < -0.39 is 11.9 Å². The van der Waals surface area contributed by atoms with Crippen molar-refractivity contribution >= 4 is 29.2 Å². The van der Waals surface area contributed by atoms with Crippen molar-refractivity contribution in [1.82, 2.24) is 0 Å². The van der Waals surface area contributed by atoms with Gasteiger partial charge in [-0.25, -0.2) is 9.59 Å². The van der Waals surface area contributed by atoms with Crippen LogP contribution in [0.3, 0.4) is 0 Å². The van der Waals surface area contributed by atoms with Gasteiger partial charge in [-0.2, -0.15) is 0 Å². The van der Waals surface area contributed by atoms with Crippen LogP contribution in [0.2, 0.25) is 5.02 Å². The maximum Gasteiger partial charge on any atom is 0.355 e. The molecular formula is C15H16ClNO6. The zero-order chi connectivity index (χ0) is 17.0. The Bertz CT molecular complexity index is 657. The molecule has 1 aliphatic heterocycles. The fourth-order valence-electron chi connectivity index (χ4n) is 2.21. The van der Waals surface area contributed by atoms with Crippen LogP contribution >= 0.6 is 11.6 Å². The number of rotatable bonds is 4. The van der Waals surface area contributed by atoms with Gasteiger partial charge in [0, 0.05) is 11.1 Å². The van der Waals surface area contributed by atoms with E-state index in [4.69, 9.17) is 30.5 Å². The molecule has 0 bridgehead atoms. The van der Waals surface area contributed by atoms with E-state index in [9.17, 15) is 9.59 Å². The van der Waals surface area contributed by atoms with Crippen molar-refractivity contribution in [2.45, 2.75) is 0 Å². The normalized spacial score (nSPS) is 14.5. The second-order valence-electron chi connectivity index (χ2n) is 4.53. The molecule has 1 heterocycles. The van der Waals surface area contributed by atoms with E-state index in [1.807, 2.05) is 0 Å². The number of ether oxygens (including phenoxy) is 4. The molecule has 8 heteroatoms. The van der Waals surface area contributed by atoms with Crippen molar-refractivity contribution in [3.63, 3.8) is 0 Å². The summed E-state index contributed by atoms with van der Waals surface area (Å²) in [7, 11) is 3.94. The number of anilines is 1. The van der Waals surface area contributed by atoms with Crippen molar-refractivity contribution in [2.24, 2.45) is 0 Å². The van der Waals surface area contributed by atoms with Crippen LogP contribution in [-0.2, 0) is 23.8 Å². The summed E-state index contributed by atoms with van der Waals surface area (Å²) in [5.74, 6) is -0.914. The van der Waals surface area contributed by atoms with E-state index in [2.05, 4.69) is 0 Å². The van der Waals surface area contributed by atoms with E-state index in [1.165, 1.54) is 26.2 Å². The summed E-state index contributed by atoms with van der Waals surface area (Å²) < 4.78 is 20.2. The minimum atomic E-state index is -0.675. The number of esters is 2. The molecule has 0 fully saturated rings. The standard InChI is InChI=1S/C15H16ClNO6/c1-20-12-6-9(16)4-5-11(12)17-8-23-7-10(14(18)21-2)13(17)15(19)22-3/h4-6H,7-8H2,1-3H3. The number of carbonyl (C=O) groups is 2. The molecule has 1 aromatic rings. The van der Waals surface area contributed by atoms with Crippen LogP contribution in [0.15, 0.2) is 29.5 Å². The molecule has 1 aromatic carbocycles. The SMILES string of the molecule is COC(=O)C1=C(C(=O)OC)N(c2ccc(Cl)cc2OC)COC1. The highest BCUT2D eigenvalue weighted by Crippen LogP contribution is 2.35. The molecule has 124 valence electrons. The van der Waals surface area contributed by atoms with E-state index in [0.29, 0.717) is 16.5 Å². The van der Waals surface area contributed by atoms with E-state index in [-0.39, 0.29) is 24.6 Å². The Hall–Kier alpha value is -2.25. The third-order valence-corrected chi connectivity index (χ3v) is 3.50. The summed E-state index contributed by atoms with van der Waals surface area (Å²) in [5.41, 5.74) is 0.632. The highest BCUT2D eigenvalue weighted by molar-refractivity contribution is 6.30. The van der Waals surface area contributed by atoms with E-state index >= 15 is 0 Å². The maximum absolute atomic E-state index is 12.2. The van der Waals surface area contributed by atoms with Gasteiger partial charge < -0.3 is 23.8 Å². The first-order valence-corrected chi connectivity index (χ1v) is 6.99. The van der Waals surface area contributed by atoms with Crippen molar-refractivity contribution in [2.75, 3.05) is 39.6 Å². The quantitative estimate of drug-likeness (QED) is 0.772. The molecule has 0 amide bonds. The first kappa shape index (κ1) is 17.1. The molecule has 0 N–H and O–H groups in total. The van der Waals surface area contributed by atoms with Crippen LogP contribution in [0.5, 0.6) is 5.75 Å². The van der Waals surface area contributed by atoms with Gasteiger partial charge in [0.25, 0.3) is 0 Å². The number of benzene rings is 1.